The molecule has 122 valence electrons. The highest BCUT2D eigenvalue weighted by Crippen LogP contribution is 2.39. The SMILES string of the molecule is CCOc1ccc2cc(O)c(N3CC(=O)NS3(=O)=O)c(F)c2c1. The minimum absolute atomic E-state index is 0.0818. The van der Waals surface area contributed by atoms with Crippen LogP contribution in [0.15, 0.2) is 24.3 Å². The van der Waals surface area contributed by atoms with Crippen LogP contribution in [0.1, 0.15) is 6.92 Å². The van der Waals surface area contributed by atoms with E-state index >= 15 is 0 Å². The minimum Gasteiger partial charge on any atom is -0.506 e. The van der Waals surface area contributed by atoms with Gasteiger partial charge in [0.1, 0.15) is 23.7 Å². The Balaban J connectivity index is 2.23. The molecule has 2 aromatic rings. The number of anilines is 1. The monoisotopic (exact) mass is 340 g/mol. The summed E-state index contributed by atoms with van der Waals surface area (Å²) in [6.07, 6.45) is 0. The first-order valence-electron chi connectivity index (χ1n) is 6.75. The topological polar surface area (TPSA) is 95.9 Å². The van der Waals surface area contributed by atoms with Crippen LogP contribution in [0.5, 0.6) is 11.5 Å². The van der Waals surface area contributed by atoms with Gasteiger partial charge < -0.3 is 9.84 Å². The van der Waals surface area contributed by atoms with Crippen LogP contribution in [-0.2, 0) is 15.0 Å². The molecule has 3 rings (SSSR count). The number of hydrogen-bond acceptors (Lipinski definition) is 5. The molecule has 2 N–H and O–H groups in total. The number of phenols is 1. The van der Waals surface area contributed by atoms with Gasteiger partial charge in [-0.25, -0.2) is 13.4 Å². The van der Waals surface area contributed by atoms with E-state index in [9.17, 15) is 22.7 Å². The summed E-state index contributed by atoms with van der Waals surface area (Å²) in [5.41, 5.74) is -0.565. The van der Waals surface area contributed by atoms with Crippen LogP contribution in [0.25, 0.3) is 10.8 Å². The predicted octanol–water partition coefficient (Wildman–Crippen LogP) is 1.26. The van der Waals surface area contributed by atoms with Crippen molar-refractivity contribution in [2.24, 2.45) is 0 Å². The average molecular weight is 340 g/mol. The zero-order valence-electron chi connectivity index (χ0n) is 12.0. The first-order valence-corrected chi connectivity index (χ1v) is 8.19. The van der Waals surface area contributed by atoms with Gasteiger partial charge in [-0.15, -0.1) is 0 Å². The second-order valence-electron chi connectivity index (χ2n) is 4.91. The number of phenolic OH excluding ortho intramolecular Hbond substituents is 1. The van der Waals surface area contributed by atoms with E-state index in [0.717, 1.165) is 0 Å². The molecule has 0 radical (unpaired) electrons. The fourth-order valence-electron chi connectivity index (χ4n) is 2.45. The molecule has 1 heterocycles. The Hall–Kier alpha value is -2.55. The molecule has 1 fully saturated rings. The highest BCUT2D eigenvalue weighted by Gasteiger charge is 2.37. The predicted molar refractivity (Wildman–Crippen MR) is 81.1 cm³/mol. The zero-order chi connectivity index (χ0) is 16.8. The Bertz CT molecular complexity index is 913. The van der Waals surface area contributed by atoms with Crippen LogP contribution >= 0.6 is 0 Å². The molecule has 7 nitrogen and oxygen atoms in total. The molecule has 0 bridgehead atoms. The van der Waals surface area contributed by atoms with Gasteiger partial charge in [-0.05, 0) is 30.5 Å². The first kappa shape index (κ1) is 15.3. The number of rotatable bonds is 3. The minimum atomic E-state index is -4.22. The highest BCUT2D eigenvalue weighted by molar-refractivity contribution is 7.92. The van der Waals surface area contributed by atoms with Gasteiger partial charge in [-0.2, -0.15) is 8.42 Å². The Labute approximate surface area is 131 Å². The number of benzene rings is 2. The number of aromatic hydroxyl groups is 1. The lowest BCUT2D eigenvalue weighted by Gasteiger charge is -2.18. The molecule has 0 unspecified atom stereocenters. The largest absolute Gasteiger partial charge is 0.506 e. The van der Waals surface area contributed by atoms with E-state index in [1.807, 2.05) is 0 Å². The van der Waals surface area contributed by atoms with Gasteiger partial charge >= 0.3 is 10.2 Å². The number of carbonyl (C=O) groups is 1. The smallest absolute Gasteiger partial charge is 0.326 e. The molecule has 23 heavy (non-hydrogen) atoms. The van der Waals surface area contributed by atoms with Crippen LogP contribution in [-0.4, -0.2) is 32.6 Å². The lowest BCUT2D eigenvalue weighted by Crippen LogP contribution is -2.30. The van der Waals surface area contributed by atoms with Crippen molar-refractivity contribution < 1.29 is 27.4 Å². The summed E-state index contributed by atoms with van der Waals surface area (Å²) in [6.45, 7) is 1.57. The summed E-state index contributed by atoms with van der Waals surface area (Å²) >= 11 is 0. The highest BCUT2D eigenvalue weighted by atomic mass is 32.2. The summed E-state index contributed by atoms with van der Waals surface area (Å²) in [4.78, 5) is 11.3. The van der Waals surface area contributed by atoms with Gasteiger partial charge in [0.2, 0.25) is 0 Å². The molecular weight excluding hydrogens is 327 g/mol. The summed E-state index contributed by atoms with van der Waals surface area (Å²) < 4.78 is 46.1. The van der Waals surface area contributed by atoms with Crippen LogP contribution in [0.2, 0.25) is 0 Å². The maximum absolute atomic E-state index is 14.8. The summed E-state index contributed by atoms with van der Waals surface area (Å²) in [6, 6.07) is 5.81. The van der Waals surface area contributed by atoms with E-state index in [1.165, 1.54) is 12.1 Å². The molecule has 1 aliphatic heterocycles. The Morgan fingerprint density at radius 1 is 1.39 bits per heavy atom. The third kappa shape index (κ3) is 2.52. The number of ether oxygens (including phenoxy) is 1. The van der Waals surface area contributed by atoms with E-state index in [1.54, 1.807) is 23.8 Å². The van der Waals surface area contributed by atoms with E-state index in [0.29, 0.717) is 22.0 Å². The van der Waals surface area contributed by atoms with Crippen LogP contribution in [0.3, 0.4) is 0 Å². The lowest BCUT2D eigenvalue weighted by molar-refractivity contribution is -0.117. The number of halogens is 1. The molecule has 0 atom stereocenters. The van der Waals surface area contributed by atoms with Crippen molar-refractivity contribution in [1.29, 1.82) is 0 Å². The van der Waals surface area contributed by atoms with Crippen molar-refractivity contribution in [3.05, 3.63) is 30.1 Å². The normalized spacial score (nSPS) is 16.6. The molecule has 1 saturated heterocycles. The van der Waals surface area contributed by atoms with Crippen LogP contribution in [0, 0.1) is 5.82 Å². The maximum atomic E-state index is 14.8. The molecule has 0 aromatic heterocycles. The van der Waals surface area contributed by atoms with Crippen molar-refractivity contribution >= 4 is 32.6 Å². The quantitative estimate of drug-likeness (QED) is 0.877. The Morgan fingerprint density at radius 3 is 2.74 bits per heavy atom. The van der Waals surface area contributed by atoms with Crippen molar-refractivity contribution in [3.63, 3.8) is 0 Å². The summed E-state index contributed by atoms with van der Waals surface area (Å²) in [5, 5.41) is 10.5. The van der Waals surface area contributed by atoms with Crippen LogP contribution < -0.4 is 13.8 Å². The fourth-order valence-corrected chi connectivity index (χ4v) is 3.61. The van der Waals surface area contributed by atoms with Crippen molar-refractivity contribution in [3.8, 4) is 11.5 Å². The second kappa shape index (κ2) is 5.27. The number of hydrogen-bond donors (Lipinski definition) is 2. The van der Waals surface area contributed by atoms with Gasteiger partial charge in [0.05, 0.1) is 6.61 Å². The number of fused-ring (bicyclic) bond motifs is 1. The van der Waals surface area contributed by atoms with Crippen molar-refractivity contribution in [2.75, 3.05) is 17.5 Å². The van der Waals surface area contributed by atoms with Gasteiger partial charge in [0.15, 0.2) is 5.82 Å². The molecule has 1 aliphatic rings. The molecule has 9 heteroatoms. The van der Waals surface area contributed by atoms with Gasteiger partial charge in [0.25, 0.3) is 5.91 Å². The third-order valence-corrected chi connectivity index (χ3v) is 4.76. The maximum Gasteiger partial charge on any atom is 0.326 e. The third-order valence-electron chi connectivity index (χ3n) is 3.38. The number of carbonyl (C=O) groups excluding carboxylic acids is 1. The van der Waals surface area contributed by atoms with Gasteiger partial charge in [0, 0.05) is 5.39 Å². The lowest BCUT2D eigenvalue weighted by atomic mass is 10.1. The van der Waals surface area contributed by atoms with E-state index in [2.05, 4.69) is 0 Å². The molecule has 0 saturated carbocycles. The van der Waals surface area contributed by atoms with Crippen LogP contribution in [0.4, 0.5) is 10.1 Å². The van der Waals surface area contributed by atoms with E-state index in [-0.39, 0.29) is 5.39 Å². The van der Waals surface area contributed by atoms with Gasteiger partial charge in [-0.1, -0.05) is 6.07 Å². The molecule has 0 aliphatic carbocycles. The number of nitrogens with one attached hydrogen (secondary N) is 1. The second-order valence-corrected chi connectivity index (χ2v) is 6.51. The first-order chi connectivity index (χ1) is 10.8. The average Bonchev–Trinajstić information content (AvgIpc) is 2.73. The van der Waals surface area contributed by atoms with Gasteiger partial charge in [-0.3, -0.25) is 4.79 Å². The Morgan fingerprint density at radius 2 is 2.13 bits per heavy atom. The fraction of sp³-hybridized carbons (Fsp3) is 0.214. The van der Waals surface area contributed by atoms with Crippen molar-refractivity contribution in [2.45, 2.75) is 6.92 Å². The number of amides is 1. The molecular formula is C14H13FN2O5S. The Kier molecular flexibility index (Phi) is 3.52. The zero-order valence-corrected chi connectivity index (χ0v) is 12.9. The summed E-state index contributed by atoms with van der Waals surface area (Å²) in [7, 11) is -4.22. The summed E-state index contributed by atoms with van der Waals surface area (Å²) in [5.74, 6) is -1.90. The number of nitrogens with zero attached hydrogens (tertiary/aromatic N) is 1. The van der Waals surface area contributed by atoms with E-state index < -0.39 is 39.9 Å². The standard InChI is InChI=1S/C14H13FN2O5S/c1-2-22-9-4-3-8-5-11(18)14(13(15)10(8)6-9)17-7-12(19)16-23(17,20)21/h3-6,18H,2,7H2,1H3,(H,16,19). The molecule has 1 amide bonds. The molecule has 2 aromatic carbocycles. The molecule has 0 spiro atoms. The van der Waals surface area contributed by atoms with Crippen molar-refractivity contribution in [1.82, 2.24) is 4.72 Å². The van der Waals surface area contributed by atoms with E-state index in [4.69, 9.17) is 4.74 Å².